The third-order valence-electron chi connectivity index (χ3n) is 0.945. The van der Waals surface area contributed by atoms with Gasteiger partial charge in [0, 0.05) is 7.11 Å². The van der Waals surface area contributed by atoms with Crippen LogP contribution < -0.4 is 0 Å². The van der Waals surface area contributed by atoms with Gasteiger partial charge in [0.25, 0.3) is 0 Å². The molecule has 0 aromatic heterocycles. The molecule has 0 aliphatic rings. The van der Waals surface area contributed by atoms with Crippen molar-refractivity contribution in [1.29, 1.82) is 0 Å². The lowest BCUT2D eigenvalue weighted by Crippen LogP contribution is -2.20. The van der Waals surface area contributed by atoms with E-state index in [1.807, 2.05) is 6.92 Å². The largest absolute Gasteiger partial charge is 0.368 e. The summed E-state index contributed by atoms with van der Waals surface area (Å²) >= 11 is 0. The molecule has 0 aromatic rings. The van der Waals surface area contributed by atoms with E-state index in [2.05, 4.69) is 0 Å². The van der Waals surface area contributed by atoms with Crippen molar-refractivity contribution in [3.8, 4) is 0 Å². The topological polar surface area (TPSA) is 38.7 Å². The molecule has 1 N–H and O–H groups in total. The van der Waals surface area contributed by atoms with E-state index in [0.29, 0.717) is 0 Å². The molecule has 0 bridgehead atoms. The summed E-state index contributed by atoms with van der Waals surface area (Å²) in [6, 6.07) is 0. The fourth-order valence-electron chi connectivity index (χ4n) is 0.538. The van der Waals surface area contributed by atoms with Crippen molar-refractivity contribution in [3.05, 3.63) is 0 Å². The van der Waals surface area contributed by atoms with Crippen LogP contribution in [0.15, 0.2) is 0 Å². The second-order valence-corrected chi connectivity index (χ2v) is 1.81. The molecule has 0 amide bonds. The minimum atomic E-state index is -0.741. The molecule has 0 spiro atoms. The number of ether oxygens (including phenoxy) is 2. The zero-order valence-electron chi connectivity index (χ0n) is 6.13. The van der Waals surface area contributed by atoms with Crippen molar-refractivity contribution in [3.63, 3.8) is 0 Å². The van der Waals surface area contributed by atoms with Gasteiger partial charge in [0.15, 0.2) is 12.6 Å². The van der Waals surface area contributed by atoms with Crippen LogP contribution in [-0.4, -0.2) is 24.8 Å². The first-order valence-electron chi connectivity index (χ1n) is 3.07. The molecule has 56 valence electrons. The molecule has 3 heteroatoms. The van der Waals surface area contributed by atoms with Crippen LogP contribution in [0.3, 0.4) is 0 Å². The maximum Gasteiger partial charge on any atom is 0.160 e. The minimum absolute atomic E-state index is 0.273. The second kappa shape index (κ2) is 4.73. The molecule has 0 aliphatic carbocycles. The number of aliphatic hydroxyl groups excluding tert-OH is 1. The van der Waals surface area contributed by atoms with Gasteiger partial charge in [-0.25, -0.2) is 0 Å². The van der Waals surface area contributed by atoms with E-state index in [4.69, 9.17) is 14.6 Å². The van der Waals surface area contributed by atoms with Crippen LogP contribution in [0.1, 0.15) is 20.3 Å². The van der Waals surface area contributed by atoms with E-state index in [-0.39, 0.29) is 6.29 Å². The normalized spacial score (nSPS) is 17.3. The summed E-state index contributed by atoms with van der Waals surface area (Å²) in [6.07, 6.45) is -0.263. The molecule has 0 aromatic carbocycles. The van der Waals surface area contributed by atoms with Crippen molar-refractivity contribution >= 4 is 0 Å². The number of aliphatic hydroxyl groups is 1. The Balaban J connectivity index is 3.31. The third-order valence-corrected chi connectivity index (χ3v) is 0.945. The van der Waals surface area contributed by atoms with Gasteiger partial charge in [-0.15, -0.1) is 0 Å². The van der Waals surface area contributed by atoms with Crippen LogP contribution in [0.2, 0.25) is 0 Å². The van der Waals surface area contributed by atoms with E-state index < -0.39 is 6.29 Å². The van der Waals surface area contributed by atoms with Gasteiger partial charge in [0.1, 0.15) is 0 Å². The zero-order valence-corrected chi connectivity index (χ0v) is 6.13. The molecular weight excluding hydrogens is 120 g/mol. The van der Waals surface area contributed by atoms with E-state index >= 15 is 0 Å². The number of hydrogen-bond acceptors (Lipinski definition) is 3. The van der Waals surface area contributed by atoms with Crippen molar-refractivity contribution in [2.75, 3.05) is 7.11 Å². The monoisotopic (exact) mass is 134 g/mol. The average molecular weight is 134 g/mol. The summed E-state index contributed by atoms with van der Waals surface area (Å²) < 4.78 is 9.71. The number of methoxy groups -OCH3 is 1. The van der Waals surface area contributed by atoms with Crippen LogP contribution in [0.4, 0.5) is 0 Å². The first-order chi connectivity index (χ1) is 4.20. The molecular formula is C6H14O3. The molecule has 0 fully saturated rings. The quantitative estimate of drug-likeness (QED) is 0.576. The minimum Gasteiger partial charge on any atom is -0.368 e. The van der Waals surface area contributed by atoms with Crippen molar-refractivity contribution in [2.45, 2.75) is 32.8 Å². The highest BCUT2D eigenvalue weighted by Crippen LogP contribution is 2.00. The maximum atomic E-state index is 8.68. The fraction of sp³-hybridized carbons (Fsp3) is 1.00. The zero-order chi connectivity index (χ0) is 7.28. The first-order valence-corrected chi connectivity index (χ1v) is 3.07. The van der Waals surface area contributed by atoms with Gasteiger partial charge in [-0.2, -0.15) is 0 Å². The molecule has 2 atom stereocenters. The molecule has 0 heterocycles. The van der Waals surface area contributed by atoms with Gasteiger partial charge >= 0.3 is 0 Å². The molecule has 0 saturated carbocycles. The highest BCUT2D eigenvalue weighted by atomic mass is 16.7. The molecule has 0 saturated heterocycles. The Morgan fingerprint density at radius 2 is 2.11 bits per heavy atom. The Kier molecular flexibility index (Phi) is 4.67. The Morgan fingerprint density at radius 1 is 1.56 bits per heavy atom. The fourth-order valence-corrected chi connectivity index (χ4v) is 0.538. The summed E-state index contributed by atoms with van der Waals surface area (Å²) in [5.41, 5.74) is 0. The molecule has 3 nitrogen and oxygen atoms in total. The summed E-state index contributed by atoms with van der Waals surface area (Å²) in [5.74, 6) is 0. The van der Waals surface area contributed by atoms with Crippen LogP contribution in [-0.2, 0) is 9.47 Å². The van der Waals surface area contributed by atoms with Gasteiger partial charge in [-0.3, -0.25) is 0 Å². The Labute approximate surface area is 55.6 Å². The van der Waals surface area contributed by atoms with Gasteiger partial charge in [-0.1, -0.05) is 6.92 Å². The standard InChI is InChI=1S/C6H14O3/c1-4-6(8-3)9-5(2)7/h5-7H,4H2,1-3H3. The van der Waals surface area contributed by atoms with E-state index in [1.54, 1.807) is 14.0 Å². The summed E-state index contributed by atoms with van der Waals surface area (Å²) in [5, 5.41) is 8.68. The second-order valence-electron chi connectivity index (χ2n) is 1.81. The molecule has 2 unspecified atom stereocenters. The lowest BCUT2D eigenvalue weighted by molar-refractivity contribution is -0.212. The van der Waals surface area contributed by atoms with Crippen LogP contribution >= 0.6 is 0 Å². The Bertz CT molecular complexity index is 59.3. The molecule has 9 heavy (non-hydrogen) atoms. The Hall–Kier alpha value is -0.120. The van der Waals surface area contributed by atoms with E-state index in [1.165, 1.54) is 0 Å². The number of hydrogen-bond donors (Lipinski definition) is 1. The van der Waals surface area contributed by atoms with Gasteiger partial charge in [-0.05, 0) is 13.3 Å². The lowest BCUT2D eigenvalue weighted by atomic mass is 10.5. The predicted molar refractivity (Wildman–Crippen MR) is 33.9 cm³/mol. The summed E-state index contributed by atoms with van der Waals surface area (Å²) in [6.45, 7) is 3.48. The molecule has 0 rings (SSSR count). The van der Waals surface area contributed by atoms with Crippen LogP contribution in [0, 0.1) is 0 Å². The maximum absolute atomic E-state index is 8.68. The van der Waals surface area contributed by atoms with E-state index in [0.717, 1.165) is 6.42 Å². The highest BCUT2D eigenvalue weighted by molar-refractivity contribution is 4.36. The lowest BCUT2D eigenvalue weighted by Gasteiger charge is -2.15. The smallest absolute Gasteiger partial charge is 0.160 e. The first kappa shape index (κ1) is 8.88. The van der Waals surface area contributed by atoms with Crippen LogP contribution in [0.25, 0.3) is 0 Å². The van der Waals surface area contributed by atoms with Gasteiger partial charge in [0.2, 0.25) is 0 Å². The van der Waals surface area contributed by atoms with E-state index in [9.17, 15) is 0 Å². The SMILES string of the molecule is CCC(OC)OC(C)O. The Morgan fingerprint density at radius 3 is 2.22 bits per heavy atom. The summed E-state index contributed by atoms with van der Waals surface area (Å²) in [7, 11) is 1.55. The van der Waals surface area contributed by atoms with Gasteiger partial charge < -0.3 is 14.6 Å². The summed E-state index contributed by atoms with van der Waals surface area (Å²) in [4.78, 5) is 0. The highest BCUT2D eigenvalue weighted by Gasteiger charge is 2.05. The molecule has 0 aliphatic heterocycles. The van der Waals surface area contributed by atoms with Crippen molar-refractivity contribution in [1.82, 2.24) is 0 Å². The van der Waals surface area contributed by atoms with Crippen molar-refractivity contribution in [2.24, 2.45) is 0 Å². The van der Waals surface area contributed by atoms with Crippen LogP contribution in [0.5, 0.6) is 0 Å². The predicted octanol–water partition coefficient (Wildman–Crippen LogP) is 0.724. The average Bonchev–Trinajstić information content (AvgIpc) is 1.82. The van der Waals surface area contributed by atoms with Gasteiger partial charge in [0.05, 0.1) is 0 Å². The molecule has 0 radical (unpaired) electrons. The number of rotatable bonds is 4. The third kappa shape index (κ3) is 4.39. The van der Waals surface area contributed by atoms with Crippen molar-refractivity contribution < 1.29 is 14.6 Å².